The predicted octanol–water partition coefficient (Wildman–Crippen LogP) is -1.23. The molecule has 11 heteroatoms. The van der Waals surface area contributed by atoms with Gasteiger partial charge in [-0.1, -0.05) is 0 Å². The summed E-state index contributed by atoms with van der Waals surface area (Å²) < 4.78 is 28.0. The second-order valence-electron chi connectivity index (χ2n) is 2.04. The van der Waals surface area contributed by atoms with Gasteiger partial charge in [0.05, 0.1) is 6.61 Å². The number of phosphoric ester groups is 1. The summed E-state index contributed by atoms with van der Waals surface area (Å²) in [4.78, 5) is 34.6. The van der Waals surface area contributed by atoms with Crippen LogP contribution in [0.25, 0.3) is 0 Å². The second kappa shape index (κ2) is 5.11. The van der Waals surface area contributed by atoms with Gasteiger partial charge in [0.25, 0.3) is 0 Å². The van der Waals surface area contributed by atoms with Gasteiger partial charge in [-0.3, -0.25) is 4.52 Å². The highest BCUT2D eigenvalue weighted by atomic mass is 31.3. The van der Waals surface area contributed by atoms with Crippen LogP contribution in [0.15, 0.2) is 0 Å². The van der Waals surface area contributed by atoms with E-state index in [9.17, 15) is 13.9 Å². The van der Waals surface area contributed by atoms with Crippen LogP contribution in [0.5, 0.6) is 0 Å². The molecule has 0 aliphatic carbocycles. The number of rotatable bonds is 6. The fourth-order valence-electron chi connectivity index (χ4n) is 0.368. The third-order valence-electron chi connectivity index (χ3n) is 0.775. The minimum atomic E-state index is -5.16. The summed E-state index contributed by atoms with van der Waals surface area (Å²) in [5, 5.41) is 8.54. The van der Waals surface area contributed by atoms with Crippen LogP contribution < -0.4 is 0 Å². The number of aliphatic hydroxyl groups excluding tert-OH is 1. The van der Waals surface area contributed by atoms with Crippen molar-refractivity contribution in [2.45, 2.75) is 6.10 Å². The van der Waals surface area contributed by atoms with E-state index in [1.807, 2.05) is 0 Å². The molecule has 14 heavy (non-hydrogen) atoms. The molecule has 2 atom stereocenters. The number of phosphoric acid groups is 2. The minimum Gasteiger partial charge on any atom is -0.383 e. The van der Waals surface area contributed by atoms with Gasteiger partial charge in [-0.25, -0.2) is 9.13 Å². The third kappa shape index (κ3) is 7.31. The molecule has 0 saturated carbocycles. The lowest BCUT2D eigenvalue weighted by molar-refractivity contribution is -0.116. The number of hydrogen-bond donors (Lipinski definition) is 4. The van der Waals surface area contributed by atoms with Gasteiger partial charge in [0.15, 0.2) is 6.29 Å². The molecule has 0 radical (unpaired) electrons. The van der Waals surface area contributed by atoms with E-state index in [0.717, 1.165) is 0 Å². The first-order valence-corrected chi connectivity index (χ1v) is 6.06. The lowest BCUT2D eigenvalue weighted by Crippen LogP contribution is -2.15. The first-order chi connectivity index (χ1) is 6.16. The molecular formula is C3H8O9P2. The van der Waals surface area contributed by atoms with Crippen molar-refractivity contribution in [2.24, 2.45) is 0 Å². The second-order valence-corrected chi connectivity index (χ2v) is 4.87. The molecule has 0 fully saturated rings. The smallest absolute Gasteiger partial charge is 0.383 e. The molecule has 84 valence electrons. The van der Waals surface area contributed by atoms with E-state index in [2.05, 4.69) is 8.83 Å². The number of hydrogen-bond acceptors (Lipinski definition) is 6. The summed E-state index contributed by atoms with van der Waals surface area (Å²) in [5.74, 6) is 0. The highest BCUT2D eigenvalue weighted by Gasteiger charge is 2.32. The van der Waals surface area contributed by atoms with Crippen molar-refractivity contribution in [3.63, 3.8) is 0 Å². The van der Waals surface area contributed by atoms with E-state index in [-0.39, 0.29) is 6.29 Å². The molecule has 0 aliphatic heterocycles. The van der Waals surface area contributed by atoms with Gasteiger partial charge in [0.1, 0.15) is 6.10 Å². The highest BCUT2D eigenvalue weighted by Crippen LogP contribution is 2.57. The first kappa shape index (κ1) is 13.9. The summed E-state index contributed by atoms with van der Waals surface area (Å²) in [5.41, 5.74) is 0. The number of carbonyl (C=O) groups is 1. The van der Waals surface area contributed by atoms with Gasteiger partial charge < -0.3 is 24.6 Å². The van der Waals surface area contributed by atoms with E-state index < -0.39 is 28.4 Å². The molecule has 0 aromatic carbocycles. The maximum atomic E-state index is 10.6. The van der Waals surface area contributed by atoms with Crippen molar-refractivity contribution in [1.82, 2.24) is 0 Å². The van der Waals surface area contributed by atoms with Crippen LogP contribution in [0.3, 0.4) is 0 Å². The maximum Gasteiger partial charge on any atom is 0.481 e. The van der Waals surface area contributed by atoms with Crippen molar-refractivity contribution in [3.05, 3.63) is 0 Å². The molecule has 0 aliphatic rings. The van der Waals surface area contributed by atoms with Crippen LogP contribution in [-0.2, 0) is 22.8 Å². The number of aliphatic hydroxyl groups is 1. The van der Waals surface area contributed by atoms with E-state index in [1.54, 1.807) is 0 Å². The summed E-state index contributed by atoms with van der Waals surface area (Å²) in [6, 6.07) is 0. The van der Waals surface area contributed by atoms with Gasteiger partial charge >= 0.3 is 15.6 Å². The zero-order valence-electron chi connectivity index (χ0n) is 6.59. The summed E-state index contributed by atoms with van der Waals surface area (Å²) in [7, 11) is -10.1. The average molecular weight is 250 g/mol. The molecule has 0 bridgehead atoms. The van der Waals surface area contributed by atoms with Crippen LogP contribution in [0.4, 0.5) is 0 Å². The fraction of sp³-hybridized carbons (Fsp3) is 0.667. The monoisotopic (exact) mass is 250 g/mol. The first-order valence-electron chi connectivity index (χ1n) is 3.04. The van der Waals surface area contributed by atoms with Gasteiger partial charge in [-0.2, -0.15) is 4.31 Å². The summed E-state index contributed by atoms with van der Waals surface area (Å²) in [6.45, 7) is -0.905. The van der Waals surface area contributed by atoms with Gasteiger partial charge in [0.2, 0.25) is 0 Å². The van der Waals surface area contributed by atoms with Gasteiger partial charge in [-0.05, 0) is 0 Å². The third-order valence-corrected chi connectivity index (χ3v) is 2.93. The molecule has 0 aromatic heterocycles. The number of carbonyl (C=O) groups excluding carboxylic acids is 1. The molecule has 0 saturated heterocycles. The van der Waals surface area contributed by atoms with Crippen LogP contribution >= 0.6 is 15.6 Å². The fourth-order valence-corrected chi connectivity index (χ4v) is 1.97. The zero-order valence-corrected chi connectivity index (χ0v) is 8.38. The molecule has 0 rings (SSSR count). The molecule has 1 unspecified atom stereocenters. The maximum absolute atomic E-state index is 10.6. The van der Waals surface area contributed by atoms with Gasteiger partial charge in [-0.15, -0.1) is 0 Å². The topological polar surface area (TPSA) is 151 Å². The van der Waals surface area contributed by atoms with Crippen LogP contribution in [-0.4, -0.2) is 38.8 Å². The van der Waals surface area contributed by atoms with Crippen LogP contribution in [0, 0.1) is 0 Å². The molecule has 0 amide bonds. The van der Waals surface area contributed by atoms with Crippen LogP contribution in [0.2, 0.25) is 0 Å². The largest absolute Gasteiger partial charge is 0.481 e. The standard InChI is InChI=1S/C3H8O9P2/c4-1-3(5)2-11-14(9,10)12-13(6,7)8/h1,3,5H,2H2,(H,9,10)(H2,6,7,8)/t3-/m0/s1. The van der Waals surface area contributed by atoms with Crippen molar-refractivity contribution in [3.8, 4) is 0 Å². The Labute approximate surface area is 78.1 Å². The Morgan fingerprint density at radius 1 is 1.29 bits per heavy atom. The summed E-state index contributed by atoms with van der Waals surface area (Å²) >= 11 is 0. The van der Waals surface area contributed by atoms with Crippen LogP contribution in [0.1, 0.15) is 0 Å². The molecule has 4 N–H and O–H groups in total. The van der Waals surface area contributed by atoms with Gasteiger partial charge in [0, 0.05) is 0 Å². The zero-order chi connectivity index (χ0) is 11.4. The Morgan fingerprint density at radius 2 is 1.79 bits per heavy atom. The molecule has 0 spiro atoms. The van der Waals surface area contributed by atoms with E-state index in [0.29, 0.717) is 0 Å². The molecule has 9 nitrogen and oxygen atoms in total. The van der Waals surface area contributed by atoms with Crippen molar-refractivity contribution >= 4 is 21.9 Å². The molecule has 0 heterocycles. The Balaban J connectivity index is 4.15. The van der Waals surface area contributed by atoms with E-state index in [1.165, 1.54) is 0 Å². The molecular weight excluding hydrogens is 242 g/mol. The van der Waals surface area contributed by atoms with Crippen molar-refractivity contribution in [2.75, 3.05) is 6.61 Å². The lowest BCUT2D eigenvalue weighted by atomic mass is 10.4. The normalized spacial score (nSPS) is 18.6. The minimum absolute atomic E-state index is 0.0114. The Morgan fingerprint density at radius 3 is 2.14 bits per heavy atom. The SMILES string of the molecule is O=C[C@H](O)COP(=O)(O)OP(=O)(O)O. The summed E-state index contributed by atoms with van der Waals surface area (Å²) in [6.07, 6.45) is -1.66. The lowest BCUT2D eigenvalue weighted by Gasteiger charge is -2.12. The Hall–Kier alpha value is -0.110. The molecule has 0 aromatic rings. The predicted molar refractivity (Wildman–Crippen MR) is 41.0 cm³/mol. The number of aldehydes is 1. The van der Waals surface area contributed by atoms with Crippen molar-refractivity contribution in [1.29, 1.82) is 0 Å². The Kier molecular flexibility index (Phi) is 5.07. The average Bonchev–Trinajstić information content (AvgIpc) is 1.96. The van der Waals surface area contributed by atoms with E-state index >= 15 is 0 Å². The Bertz CT molecular complexity index is 280. The highest BCUT2D eigenvalue weighted by molar-refractivity contribution is 7.60. The van der Waals surface area contributed by atoms with Crippen molar-refractivity contribution < 1.29 is 42.5 Å². The quantitative estimate of drug-likeness (QED) is 0.335. The van der Waals surface area contributed by atoms with E-state index in [4.69, 9.17) is 19.8 Å².